The predicted molar refractivity (Wildman–Crippen MR) is 52.6 cm³/mol. The van der Waals surface area contributed by atoms with Gasteiger partial charge in [-0.05, 0) is 25.3 Å². The first-order chi connectivity index (χ1) is 6.38. The first-order valence-electron chi connectivity index (χ1n) is 5.33. The fraction of sp³-hybridized carbons (Fsp3) is 0.818. The highest BCUT2D eigenvalue weighted by Crippen LogP contribution is 2.28. The Morgan fingerprint density at radius 1 is 1.38 bits per heavy atom. The molecule has 2 heteroatoms. The van der Waals surface area contributed by atoms with Gasteiger partial charge in [0.05, 0.1) is 11.9 Å². The van der Waals surface area contributed by atoms with Gasteiger partial charge >= 0.3 is 0 Å². The average molecular weight is 183 g/mol. The van der Waals surface area contributed by atoms with Gasteiger partial charge in [-0.25, -0.2) is 0 Å². The van der Waals surface area contributed by atoms with E-state index >= 15 is 0 Å². The van der Waals surface area contributed by atoms with Gasteiger partial charge in [-0.3, -0.25) is 0 Å². The van der Waals surface area contributed by atoms with E-state index in [1.165, 1.54) is 31.4 Å². The van der Waals surface area contributed by atoms with Gasteiger partial charge in [-0.1, -0.05) is 0 Å². The van der Waals surface area contributed by atoms with E-state index in [1.807, 2.05) is 7.11 Å². The van der Waals surface area contributed by atoms with E-state index in [0.29, 0.717) is 12.2 Å². The predicted octanol–water partition coefficient (Wildman–Crippen LogP) is 2.15. The number of ether oxygens (including phenoxy) is 2. The van der Waals surface area contributed by atoms with Crippen LogP contribution in [-0.2, 0) is 4.74 Å². The normalized spacial score (nSPS) is 29.3. The number of rotatable bonds is 3. The second kappa shape index (κ2) is 4.14. The molecule has 0 saturated heterocycles. The van der Waals surface area contributed by atoms with Gasteiger partial charge in [0.2, 0.25) is 0 Å². The maximum Gasteiger partial charge on any atom is 0.158 e. The van der Waals surface area contributed by atoms with Crippen molar-refractivity contribution >= 4 is 0 Å². The summed E-state index contributed by atoms with van der Waals surface area (Å²) >= 11 is 0. The molecule has 1 atom stereocenters. The molecule has 2 aliphatic rings. The van der Waals surface area contributed by atoms with Crippen molar-refractivity contribution in [2.24, 2.45) is 0 Å². The Morgan fingerprint density at radius 2 is 2.23 bits per heavy atom. The summed E-state index contributed by atoms with van der Waals surface area (Å²) in [6.07, 6.45) is 10.6. The Morgan fingerprint density at radius 3 is 2.69 bits per heavy atom. The molecule has 0 amide bonds. The molecule has 1 unspecified atom stereocenters. The third-order valence-corrected chi connectivity index (χ3v) is 3.08. The minimum absolute atomic E-state index is 0.543. The third kappa shape index (κ3) is 2.25. The van der Waals surface area contributed by atoms with Crippen molar-refractivity contribution in [3.05, 3.63) is 11.8 Å². The molecule has 2 aliphatic carbocycles. The third-order valence-electron chi connectivity index (χ3n) is 3.08. The standard InChI is InChI=1S/C11H18O2/c1-12-9-5-7-11(8-6-9)13-10-3-2-4-10/h7,9-10H,2-6,8H2,1H3/p+1. The number of hydrogen-bond acceptors (Lipinski definition) is 1. The summed E-state index contributed by atoms with van der Waals surface area (Å²) in [4.78, 5) is 0. The van der Waals surface area contributed by atoms with E-state index in [2.05, 4.69) is 10.8 Å². The minimum Gasteiger partial charge on any atom is -0.495 e. The van der Waals surface area contributed by atoms with E-state index in [4.69, 9.17) is 4.74 Å². The zero-order valence-corrected chi connectivity index (χ0v) is 8.33. The summed E-state index contributed by atoms with van der Waals surface area (Å²) in [5.74, 6) is 1.23. The minimum atomic E-state index is 0.543. The molecule has 74 valence electrons. The smallest absolute Gasteiger partial charge is 0.158 e. The molecule has 1 saturated carbocycles. The van der Waals surface area contributed by atoms with Crippen LogP contribution < -0.4 is 0 Å². The van der Waals surface area contributed by atoms with Gasteiger partial charge < -0.3 is 9.47 Å². The molecule has 0 aromatic rings. The lowest BCUT2D eigenvalue weighted by Gasteiger charge is -2.29. The van der Waals surface area contributed by atoms with Crippen molar-refractivity contribution in [1.82, 2.24) is 0 Å². The lowest BCUT2D eigenvalue weighted by Crippen LogP contribution is -2.24. The summed E-state index contributed by atoms with van der Waals surface area (Å²) in [5, 5.41) is 0. The summed E-state index contributed by atoms with van der Waals surface area (Å²) < 4.78 is 10.1. The zero-order valence-electron chi connectivity index (χ0n) is 8.33. The molecule has 1 N–H and O–H groups in total. The Labute approximate surface area is 79.9 Å². The van der Waals surface area contributed by atoms with Crippen molar-refractivity contribution in [3.8, 4) is 0 Å². The Bertz CT molecular complexity index is 194. The van der Waals surface area contributed by atoms with Gasteiger partial charge in [0.25, 0.3) is 0 Å². The molecule has 2 rings (SSSR count). The highest BCUT2D eigenvalue weighted by Gasteiger charge is 2.23. The van der Waals surface area contributed by atoms with Crippen LogP contribution in [0.3, 0.4) is 0 Å². The molecular formula is C11H19O2+. The van der Waals surface area contributed by atoms with Crippen LogP contribution in [0.4, 0.5) is 0 Å². The maximum atomic E-state index is 5.84. The first kappa shape index (κ1) is 9.07. The number of hydrogen-bond donors (Lipinski definition) is 0. The quantitative estimate of drug-likeness (QED) is 0.614. The lowest BCUT2D eigenvalue weighted by atomic mass is 9.95. The molecule has 2 nitrogen and oxygen atoms in total. The summed E-state index contributed by atoms with van der Waals surface area (Å²) in [6, 6.07) is 0. The van der Waals surface area contributed by atoms with Crippen molar-refractivity contribution in [3.63, 3.8) is 0 Å². The Kier molecular flexibility index (Phi) is 2.89. The second-order valence-corrected chi connectivity index (χ2v) is 4.03. The van der Waals surface area contributed by atoms with Crippen LogP contribution in [0.1, 0.15) is 38.5 Å². The molecule has 0 bridgehead atoms. The molecule has 0 aromatic carbocycles. The molecule has 1 fully saturated rings. The fourth-order valence-corrected chi connectivity index (χ4v) is 1.84. The van der Waals surface area contributed by atoms with Crippen LogP contribution in [0, 0.1) is 0 Å². The van der Waals surface area contributed by atoms with Gasteiger partial charge in [0.1, 0.15) is 7.11 Å². The Balaban J connectivity index is 1.77. The van der Waals surface area contributed by atoms with Crippen molar-refractivity contribution in [2.45, 2.75) is 50.7 Å². The first-order valence-corrected chi connectivity index (χ1v) is 5.33. The number of aliphatic hydroxyl groups is 2. The number of allylic oxidation sites excluding steroid dienone is 1. The van der Waals surface area contributed by atoms with E-state index in [0.717, 1.165) is 12.8 Å². The van der Waals surface area contributed by atoms with E-state index in [-0.39, 0.29) is 0 Å². The largest absolute Gasteiger partial charge is 0.495 e. The van der Waals surface area contributed by atoms with Crippen molar-refractivity contribution < 1.29 is 9.47 Å². The van der Waals surface area contributed by atoms with Gasteiger partial charge in [0.15, 0.2) is 6.10 Å². The van der Waals surface area contributed by atoms with Gasteiger partial charge in [-0.2, -0.15) is 0 Å². The summed E-state index contributed by atoms with van der Waals surface area (Å²) in [6.45, 7) is 0. The summed E-state index contributed by atoms with van der Waals surface area (Å²) in [7, 11) is 1.91. The van der Waals surface area contributed by atoms with Crippen LogP contribution >= 0.6 is 0 Å². The van der Waals surface area contributed by atoms with Crippen LogP contribution in [0.25, 0.3) is 0 Å². The lowest BCUT2D eigenvalue weighted by molar-refractivity contribution is -0.0701. The molecule has 0 aromatic heterocycles. The second-order valence-electron chi connectivity index (χ2n) is 4.03. The SMILES string of the molecule is C[OH+]C1CC=C(OC2CCC2)CC1. The molecule has 13 heavy (non-hydrogen) atoms. The monoisotopic (exact) mass is 183 g/mol. The summed E-state index contributed by atoms with van der Waals surface area (Å²) in [5.41, 5.74) is 0. The average Bonchev–Trinajstić information content (AvgIpc) is 2.12. The highest BCUT2D eigenvalue weighted by atomic mass is 16.5. The van der Waals surface area contributed by atoms with E-state index in [9.17, 15) is 0 Å². The molecule has 0 radical (unpaired) electrons. The van der Waals surface area contributed by atoms with Crippen LogP contribution in [0.15, 0.2) is 11.8 Å². The topological polar surface area (TPSA) is 22.0 Å². The van der Waals surface area contributed by atoms with Crippen LogP contribution in [-0.4, -0.2) is 24.1 Å². The van der Waals surface area contributed by atoms with Gasteiger partial charge in [0, 0.05) is 19.3 Å². The molecule has 0 spiro atoms. The molecule has 0 heterocycles. The molecule has 0 aliphatic heterocycles. The zero-order chi connectivity index (χ0) is 9.10. The molecular weight excluding hydrogens is 164 g/mol. The maximum absolute atomic E-state index is 5.84. The van der Waals surface area contributed by atoms with Crippen molar-refractivity contribution in [2.75, 3.05) is 7.11 Å². The fourth-order valence-electron chi connectivity index (χ4n) is 1.84. The van der Waals surface area contributed by atoms with Crippen LogP contribution in [0.2, 0.25) is 0 Å². The van der Waals surface area contributed by atoms with Gasteiger partial charge in [-0.15, -0.1) is 0 Å². The van der Waals surface area contributed by atoms with Crippen molar-refractivity contribution in [1.29, 1.82) is 0 Å². The Hall–Kier alpha value is -0.500. The van der Waals surface area contributed by atoms with E-state index in [1.54, 1.807) is 0 Å². The highest BCUT2D eigenvalue weighted by molar-refractivity contribution is 5.00. The van der Waals surface area contributed by atoms with Crippen LogP contribution in [0.5, 0.6) is 0 Å². The van der Waals surface area contributed by atoms with E-state index < -0.39 is 0 Å².